The molecule has 1 aromatic carbocycles. The Morgan fingerprint density at radius 1 is 1.29 bits per heavy atom. The van der Waals surface area contributed by atoms with Gasteiger partial charge in [0.2, 0.25) is 15.9 Å². The quantitative estimate of drug-likeness (QED) is 0.908. The summed E-state index contributed by atoms with van der Waals surface area (Å²) in [5.74, 6) is -0.00534. The summed E-state index contributed by atoms with van der Waals surface area (Å²) in [5, 5.41) is 0. The number of sulfonamides is 1. The highest BCUT2D eigenvalue weighted by Crippen LogP contribution is 2.25. The van der Waals surface area contributed by atoms with Crippen molar-refractivity contribution in [1.29, 1.82) is 0 Å². The van der Waals surface area contributed by atoms with Crippen molar-refractivity contribution in [2.75, 3.05) is 13.1 Å². The Morgan fingerprint density at radius 3 is 2.76 bits per heavy atom. The van der Waals surface area contributed by atoms with E-state index >= 15 is 0 Å². The molecule has 1 fully saturated rings. The highest BCUT2D eigenvalue weighted by molar-refractivity contribution is 7.89. The second-order valence-corrected chi connectivity index (χ2v) is 7.57. The van der Waals surface area contributed by atoms with Crippen LogP contribution in [0.5, 0.6) is 0 Å². The molecule has 114 valence electrons. The Bertz CT molecular complexity index is 669. The van der Waals surface area contributed by atoms with Gasteiger partial charge in [0.1, 0.15) is 0 Å². The number of amides is 1. The third-order valence-corrected chi connectivity index (χ3v) is 5.85. The smallest absolute Gasteiger partial charge is 0.240 e. The van der Waals surface area contributed by atoms with Gasteiger partial charge in [-0.3, -0.25) is 4.79 Å². The first-order valence-electron chi connectivity index (χ1n) is 7.35. The van der Waals surface area contributed by atoms with Crippen LogP contribution in [0.3, 0.4) is 0 Å². The fourth-order valence-corrected chi connectivity index (χ4v) is 4.46. The van der Waals surface area contributed by atoms with Crippen molar-refractivity contribution in [3.05, 3.63) is 29.3 Å². The SMILES string of the molecule is CC(=O)N1CCC(NS(=O)(=O)c2ccc3c(c2)CCC3)C1. The standard InChI is InChI=1S/C15H20N2O3S/c1-11(18)17-8-7-14(10-17)16-21(19,20)15-6-5-12-3-2-4-13(12)9-15/h5-6,9,14,16H,2-4,7-8,10H2,1H3. The van der Waals surface area contributed by atoms with Gasteiger partial charge in [0.25, 0.3) is 0 Å². The molecule has 0 aromatic heterocycles. The second kappa shape index (κ2) is 5.42. The Labute approximate surface area is 125 Å². The second-order valence-electron chi connectivity index (χ2n) is 5.86. The van der Waals surface area contributed by atoms with Crippen LogP contribution in [0.25, 0.3) is 0 Å². The van der Waals surface area contributed by atoms with E-state index in [1.807, 2.05) is 6.07 Å². The molecule has 1 aliphatic carbocycles. The number of carbonyl (C=O) groups is 1. The molecule has 1 aromatic rings. The van der Waals surface area contributed by atoms with Crippen molar-refractivity contribution in [2.24, 2.45) is 0 Å². The summed E-state index contributed by atoms with van der Waals surface area (Å²) >= 11 is 0. The van der Waals surface area contributed by atoms with Gasteiger partial charge < -0.3 is 4.90 Å². The van der Waals surface area contributed by atoms with Gasteiger partial charge in [-0.25, -0.2) is 13.1 Å². The van der Waals surface area contributed by atoms with Gasteiger partial charge in [0, 0.05) is 26.1 Å². The van der Waals surface area contributed by atoms with E-state index < -0.39 is 10.0 Å². The molecule has 21 heavy (non-hydrogen) atoms. The maximum absolute atomic E-state index is 12.4. The van der Waals surface area contributed by atoms with E-state index in [0.29, 0.717) is 24.4 Å². The Morgan fingerprint density at radius 2 is 2.05 bits per heavy atom. The van der Waals surface area contributed by atoms with E-state index in [4.69, 9.17) is 0 Å². The minimum atomic E-state index is -3.50. The number of likely N-dealkylation sites (tertiary alicyclic amines) is 1. The van der Waals surface area contributed by atoms with Gasteiger partial charge >= 0.3 is 0 Å². The number of aryl methyl sites for hydroxylation is 2. The first kappa shape index (κ1) is 14.5. The summed E-state index contributed by atoms with van der Waals surface area (Å²) < 4.78 is 27.6. The molecule has 0 bridgehead atoms. The largest absolute Gasteiger partial charge is 0.341 e. The van der Waals surface area contributed by atoms with Crippen LogP contribution in [0, 0.1) is 0 Å². The van der Waals surface area contributed by atoms with Crippen LogP contribution in [0.4, 0.5) is 0 Å². The van der Waals surface area contributed by atoms with Crippen LogP contribution in [-0.2, 0) is 27.7 Å². The lowest BCUT2D eigenvalue weighted by Crippen LogP contribution is -2.38. The third kappa shape index (κ3) is 2.96. The molecule has 5 nitrogen and oxygen atoms in total. The summed E-state index contributed by atoms with van der Waals surface area (Å²) in [5.41, 5.74) is 2.41. The highest BCUT2D eigenvalue weighted by Gasteiger charge is 2.28. The van der Waals surface area contributed by atoms with Crippen LogP contribution in [-0.4, -0.2) is 38.4 Å². The first-order chi connectivity index (χ1) is 9.95. The molecule has 2 aliphatic rings. The zero-order valence-corrected chi connectivity index (χ0v) is 12.9. The summed E-state index contributed by atoms with van der Waals surface area (Å²) in [4.78, 5) is 13.3. The Balaban J connectivity index is 1.74. The molecule has 1 atom stereocenters. The molecule has 6 heteroatoms. The number of rotatable bonds is 3. The molecule has 1 heterocycles. The average Bonchev–Trinajstić information content (AvgIpc) is 3.05. The van der Waals surface area contributed by atoms with Gasteiger partial charge in [-0.05, 0) is 48.9 Å². The summed E-state index contributed by atoms with van der Waals surface area (Å²) in [6.45, 7) is 2.59. The minimum Gasteiger partial charge on any atom is -0.341 e. The lowest BCUT2D eigenvalue weighted by atomic mass is 10.1. The first-order valence-corrected chi connectivity index (χ1v) is 8.84. The number of fused-ring (bicyclic) bond motifs is 1. The van der Waals surface area contributed by atoms with Gasteiger partial charge in [-0.1, -0.05) is 6.07 Å². The van der Waals surface area contributed by atoms with Crippen LogP contribution in [0.2, 0.25) is 0 Å². The molecular weight excluding hydrogens is 288 g/mol. The van der Waals surface area contributed by atoms with Crippen molar-refractivity contribution < 1.29 is 13.2 Å². The van der Waals surface area contributed by atoms with Crippen molar-refractivity contribution in [1.82, 2.24) is 9.62 Å². The normalized spacial score (nSPS) is 21.6. The lowest BCUT2D eigenvalue weighted by Gasteiger charge is -2.15. The monoisotopic (exact) mass is 308 g/mol. The fraction of sp³-hybridized carbons (Fsp3) is 0.533. The zero-order valence-electron chi connectivity index (χ0n) is 12.1. The van der Waals surface area contributed by atoms with Crippen LogP contribution in [0.15, 0.2) is 23.1 Å². The molecule has 1 saturated heterocycles. The fourth-order valence-electron chi connectivity index (χ4n) is 3.15. The number of nitrogens with zero attached hydrogens (tertiary/aromatic N) is 1. The summed E-state index contributed by atoms with van der Waals surface area (Å²) in [7, 11) is -3.50. The number of hydrogen-bond acceptors (Lipinski definition) is 3. The number of nitrogens with one attached hydrogen (secondary N) is 1. The van der Waals surface area contributed by atoms with Crippen molar-refractivity contribution >= 4 is 15.9 Å². The Hall–Kier alpha value is -1.40. The van der Waals surface area contributed by atoms with Crippen LogP contribution < -0.4 is 4.72 Å². The Kier molecular flexibility index (Phi) is 3.75. The summed E-state index contributed by atoms with van der Waals surface area (Å²) in [6, 6.07) is 5.21. The van der Waals surface area contributed by atoms with E-state index in [0.717, 1.165) is 24.8 Å². The molecule has 1 amide bonds. The predicted molar refractivity (Wildman–Crippen MR) is 79.4 cm³/mol. The molecule has 1 aliphatic heterocycles. The van der Waals surface area contributed by atoms with Crippen molar-refractivity contribution in [2.45, 2.75) is 43.5 Å². The number of carbonyl (C=O) groups excluding carboxylic acids is 1. The van der Waals surface area contributed by atoms with E-state index in [-0.39, 0.29) is 11.9 Å². The maximum atomic E-state index is 12.4. The summed E-state index contributed by atoms with van der Waals surface area (Å²) in [6.07, 6.45) is 3.77. The van der Waals surface area contributed by atoms with Crippen LogP contribution >= 0.6 is 0 Å². The van der Waals surface area contributed by atoms with Gasteiger partial charge in [0.05, 0.1) is 4.90 Å². The van der Waals surface area contributed by atoms with Gasteiger partial charge in [-0.2, -0.15) is 0 Å². The van der Waals surface area contributed by atoms with Crippen molar-refractivity contribution in [3.63, 3.8) is 0 Å². The molecular formula is C15H20N2O3S. The van der Waals surface area contributed by atoms with E-state index in [9.17, 15) is 13.2 Å². The van der Waals surface area contributed by atoms with Crippen LogP contribution in [0.1, 0.15) is 30.9 Å². The number of benzene rings is 1. The predicted octanol–water partition coefficient (Wildman–Crippen LogP) is 1.07. The van der Waals surface area contributed by atoms with Gasteiger partial charge in [0.15, 0.2) is 0 Å². The van der Waals surface area contributed by atoms with Crippen molar-refractivity contribution in [3.8, 4) is 0 Å². The number of hydrogen-bond donors (Lipinski definition) is 1. The van der Waals surface area contributed by atoms with E-state index in [1.165, 1.54) is 12.5 Å². The topological polar surface area (TPSA) is 66.5 Å². The lowest BCUT2D eigenvalue weighted by molar-refractivity contribution is -0.127. The maximum Gasteiger partial charge on any atom is 0.240 e. The van der Waals surface area contributed by atoms with E-state index in [1.54, 1.807) is 17.0 Å². The minimum absolute atomic E-state index is 0.00534. The molecule has 1 unspecified atom stereocenters. The zero-order chi connectivity index (χ0) is 15.0. The third-order valence-electron chi connectivity index (χ3n) is 4.34. The molecule has 0 saturated carbocycles. The van der Waals surface area contributed by atoms with Gasteiger partial charge in [-0.15, -0.1) is 0 Å². The highest BCUT2D eigenvalue weighted by atomic mass is 32.2. The van der Waals surface area contributed by atoms with E-state index in [2.05, 4.69) is 4.72 Å². The molecule has 1 N–H and O–H groups in total. The molecule has 0 radical (unpaired) electrons. The molecule has 0 spiro atoms. The average molecular weight is 308 g/mol. The molecule has 3 rings (SSSR count).